The Hall–Kier alpha value is -4.39. The van der Waals surface area contributed by atoms with Crippen molar-refractivity contribution in [1.29, 1.82) is 0 Å². The van der Waals surface area contributed by atoms with Crippen LogP contribution in [0.1, 0.15) is 72.3 Å². The lowest BCUT2D eigenvalue weighted by atomic mass is 9.69. The third kappa shape index (κ3) is 9.15. The number of carbonyl (C=O) groups excluding carboxylic acids is 4. The van der Waals surface area contributed by atoms with Crippen molar-refractivity contribution < 1.29 is 37.1 Å². The van der Waals surface area contributed by atoms with E-state index in [1.54, 1.807) is 37.8 Å². The fourth-order valence-corrected chi connectivity index (χ4v) is 8.49. The number of hydrogen-bond acceptors (Lipinski definition) is 8. The fourth-order valence-electron chi connectivity index (χ4n) is 7.42. The van der Waals surface area contributed by atoms with Crippen LogP contribution in [-0.2, 0) is 35.8 Å². The highest BCUT2D eigenvalue weighted by Crippen LogP contribution is 2.46. The number of hydrogen-bond donors (Lipinski definition) is 3. The number of piperidine rings is 1. The molecule has 3 fully saturated rings. The summed E-state index contributed by atoms with van der Waals surface area (Å²) in [6.45, 7) is 13.5. The average Bonchev–Trinajstić information content (AvgIpc) is 3.82. The SMILES string of the molecule is C=C[C@@H]1C[C@]1(NC(=O)[C@H]1CN(C(=O)[C@@H](NC(=O)OC(C)(C)C)C(C)C)C[C@H]2CCCC[C@H]21)C(=O)NS(=O)(=O)c1cccc(OCc2ccccc2)c1. The van der Waals surface area contributed by atoms with Gasteiger partial charge in [-0.15, -0.1) is 6.58 Å². The first kappa shape index (κ1) is 38.8. The number of alkyl carbamates (subject to hydrolysis) is 1. The summed E-state index contributed by atoms with van der Waals surface area (Å²) in [6.07, 6.45) is 4.60. The summed E-state index contributed by atoms with van der Waals surface area (Å²) in [5.41, 5.74) is -1.34. The highest BCUT2D eigenvalue weighted by molar-refractivity contribution is 7.90. The Labute approximate surface area is 307 Å². The van der Waals surface area contributed by atoms with Gasteiger partial charge in [0.05, 0.1) is 10.8 Å². The number of sulfonamides is 1. The van der Waals surface area contributed by atoms with Crippen molar-refractivity contribution in [3.8, 4) is 5.75 Å². The van der Waals surface area contributed by atoms with Crippen LogP contribution in [-0.4, -0.2) is 67.4 Å². The van der Waals surface area contributed by atoms with Crippen molar-refractivity contribution in [3.63, 3.8) is 0 Å². The standard InChI is InChI=1S/C39H52N4O8S/c1-7-28-21-39(28,36(46)42-52(48,49)30-18-13-17-29(20-30)50-24-26-14-9-8-10-15-26)41-34(44)32-23-43(22-27-16-11-12-19-31(27)32)35(45)33(25(2)3)40-37(47)51-38(4,5)6/h7-10,13-15,17-18,20,25,27-28,31-33H,1,11-12,16,19,21-24H2,2-6H3,(H,40,47)(H,41,44)(H,42,46)/t27-,28-,31-,32+,33+,39-/m1/s1. The summed E-state index contributed by atoms with van der Waals surface area (Å²) in [6, 6.07) is 14.4. The molecule has 1 aliphatic heterocycles. The van der Waals surface area contributed by atoms with Crippen LogP contribution in [0.25, 0.3) is 0 Å². The summed E-state index contributed by atoms with van der Waals surface area (Å²) in [7, 11) is -4.34. The molecule has 2 saturated carbocycles. The van der Waals surface area contributed by atoms with Crippen LogP contribution in [0.2, 0.25) is 0 Å². The smallest absolute Gasteiger partial charge is 0.408 e. The first-order valence-corrected chi connectivity index (χ1v) is 19.6. The number of amides is 4. The minimum absolute atomic E-state index is 0.0162. The highest BCUT2D eigenvalue weighted by atomic mass is 32.2. The lowest BCUT2D eigenvalue weighted by Gasteiger charge is -2.46. The Morgan fingerprint density at radius 3 is 2.38 bits per heavy atom. The summed E-state index contributed by atoms with van der Waals surface area (Å²) >= 11 is 0. The largest absolute Gasteiger partial charge is 0.489 e. The van der Waals surface area contributed by atoms with Crippen molar-refractivity contribution in [3.05, 3.63) is 72.8 Å². The normalized spacial score (nSPS) is 24.8. The summed E-state index contributed by atoms with van der Waals surface area (Å²) in [5.74, 6) is -2.58. The van der Waals surface area contributed by atoms with Gasteiger partial charge < -0.3 is 25.0 Å². The molecule has 1 saturated heterocycles. The van der Waals surface area contributed by atoms with Crippen LogP contribution in [0.3, 0.4) is 0 Å². The number of ether oxygens (including phenoxy) is 2. The monoisotopic (exact) mass is 736 g/mol. The van der Waals surface area contributed by atoms with Gasteiger partial charge in [-0.1, -0.05) is 69.2 Å². The molecule has 282 valence electrons. The summed E-state index contributed by atoms with van der Waals surface area (Å²) in [4.78, 5) is 56.2. The Morgan fingerprint density at radius 1 is 1.02 bits per heavy atom. The van der Waals surface area contributed by atoms with Gasteiger partial charge in [-0.25, -0.2) is 17.9 Å². The molecule has 0 unspecified atom stereocenters. The van der Waals surface area contributed by atoms with E-state index in [-0.39, 0.29) is 48.1 Å². The molecule has 6 atom stereocenters. The average molecular weight is 737 g/mol. The first-order chi connectivity index (χ1) is 24.5. The van der Waals surface area contributed by atoms with E-state index in [4.69, 9.17) is 9.47 Å². The zero-order valence-electron chi connectivity index (χ0n) is 30.7. The second-order valence-corrected chi connectivity index (χ2v) is 17.3. The van der Waals surface area contributed by atoms with Gasteiger partial charge in [0.25, 0.3) is 15.9 Å². The third-order valence-electron chi connectivity index (χ3n) is 10.3. The summed E-state index contributed by atoms with van der Waals surface area (Å²) < 4.78 is 40.4. The Kier molecular flexibility index (Phi) is 11.7. The molecule has 0 aromatic heterocycles. The molecular formula is C39H52N4O8S. The maximum Gasteiger partial charge on any atom is 0.408 e. The first-order valence-electron chi connectivity index (χ1n) is 18.1. The molecule has 2 aliphatic carbocycles. The second-order valence-electron chi connectivity index (χ2n) is 15.6. The molecule has 13 heteroatoms. The van der Waals surface area contributed by atoms with E-state index in [9.17, 15) is 27.6 Å². The Morgan fingerprint density at radius 2 is 1.73 bits per heavy atom. The molecule has 1 heterocycles. The molecule has 52 heavy (non-hydrogen) atoms. The van der Waals surface area contributed by atoms with Gasteiger partial charge in [0.2, 0.25) is 11.8 Å². The van der Waals surface area contributed by atoms with Crippen molar-refractivity contribution >= 4 is 33.8 Å². The second kappa shape index (κ2) is 15.7. The van der Waals surface area contributed by atoms with Gasteiger partial charge in [-0.2, -0.15) is 0 Å². The topological polar surface area (TPSA) is 160 Å². The van der Waals surface area contributed by atoms with Crippen LogP contribution >= 0.6 is 0 Å². The molecule has 5 rings (SSSR count). The van der Waals surface area contributed by atoms with E-state index in [1.807, 2.05) is 44.2 Å². The van der Waals surface area contributed by atoms with Gasteiger partial charge in [0, 0.05) is 25.1 Å². The Balaban J connectivity index is 1.30. The van der Waals surface area contributed by atoms with Gasteiger partial charge in [-0.3, -0.25) is 14.4 Å². The van der Waals surface area contributed by atoms with E-state index in [1.165, 1.54) is 18.2 Å². The molecule has 3 aliphatic rings. The number of likely N-dealkylation sites (tertiary alicyclic amines) is 1. The molecule has 2 aromatic carbocycles. The minimum atomic E-state index is -4.34. The minimum Gasteiger partial charge on any atom is -0.489 e. The lowest BCUT2D eigenvalue weighted by molar-refractivity contribution is -0.145. The molecule has 2 aromatic rings. The number of nitrogens with zero attached hydrogens (tertiary/aromatic N) is 1. The van der Waals surface area contributed by atoms with Gasteiger partial charge in [-0.05, 0) is 75.5 Å². The highest BCUT2D eigenvalue weighted by Gasteiger charge is 2.61. The predicted molar refractivity (Wildman–Crippen MR) is 195 cm³/mol. The molecule has 0 bridgehead atoms. The Bertz CT molecular complexity index is 1760. The zero-order chi connectivity index (χ0) is 37.8. The van der Waals surface area contributed by atoms with Crippen molar-refractivity contribution in [2.45, 2.75) is 95.4 Å². The maximum atomic E-state index is 14.2. The van der Waals surface area contributed by atoms with E-state index >= 15 is 0 Å². The zero-order valence-corrected chi connectivity index (χ0v) is 31.5. The maximum absolute atomic E-state index is 14.2. The van der Waals surface area contributed by atoms with Crippen molar-refractivity contribution in [1.82, 2.24) is 20.3 Å². The molecule has 0 spiro atoms. The van der Waals surface area contributed by atoms with E-state index in [2.05, 4.69) is 21.9 Å². The van der Waals surface area contributed by atoms with Gasteiger partial charge >= 0.3 is 6.09 Å². The lowest BCUT2D eigenvalue weighted by Crippen LogP contribution is -2.61. The number of fused-ring (bicyclic) bond motifs is 1. The molecule has 4 amide bonds. The summed E-state index contributed by atoms with van der Waals surface area (Å²) in [5, 5.41) is 5.66. The van der Waals surface area contributed by atoms with Crippen LogP contribution < -0.4 is 20.1 Å². The molecular weight excluding hydrogens is 685 g/mol. The van der Waals surface area contributed by atoms with E-state index in [0.29, 0.717) is 12.3 Å². The van der Waals surface area contributed by atoms with Crippen LogP contribution in [0, 0.1) is 29.6 Å². The van der Waals surface area contributed by atoms with Crippen LogP contribution in [0.5, 0.6) is 5.75 Å². The van der Waals surface area contributed by atoms with Gasteiger partial charge in [0.15, 0.2) is 0 Å². The molecule has 0 radical (unpaired) electrons. The quantitative estimate of drug-likeness (QED) is 0.258. The molecule has 12 nitrogen and oxygen atoms in total. The molecule has 3 N–H and O–H groups in total. The predicted octanol–water partition coefficient (Wildman–Crippen LogP) is 4.95. The van der Waals surface area contributed by atoms with E-state index in [0.717, 1.165) is 31.2 Å². The number of nitrogens with one attached hydrogen (secondary N) is 3. The fraction of sp³-hybridized carbons (Fsp3) is 0.538. The number of rotatable bonds is 12. The third-order valence-corrected chi connectivity index (χ3v) is 11.6. The number of carbonyl (C=O) groups is 4. The van der Waals surface area contributed by atoms with E-state index < -0.39 is 56.9 Å². The van der Waals surface area contributed by atoms with Crippen molar-refractivity contribution in [2.75, 3.05) is 13.1 Å². The van der Waals surface area contributed by atoms with Crippen LogP contribution in [0.15, 0.2) is 72.1 Å². The van der Waals surface area contributed by atoms with Crippen LogP contribution in [0.4, 0.5) is 4.79 Å². The van der Waals surface area contributed by atoms with Crippen molar-refractivity contribution in [2.24, 2.45) is 29.6 Å². The van der Waals surface area contributed by atoms with Gasteiger partial charge in [0.1, 0.15) is 29.5 Å². The number of benzene rings is 2.